The highest BCUT2D eigenvalue weighted by Gasteiger charge is 2.43. The maximum Gasteiger partial charge on any atom is 0.269 e. The quantitative estimate of drug-likeness (QED) is 0.311. The van der Waals surface area contributed by atoms with E-state index in [0.717, 1.165) is 11.3 Å². The smallest absolute Gasteiger partial charge is 0.269 e. The topological polar surface area (TPSA) is 92.6 Å². The van der Waals surface area contributed by atoms with Gasteiger partial charge in [-0.05, 0) is 47.2 Å². The standard InChI is InChI=1S/C29H26ClN3O4/c1-29(2)16-23-27(25(34)17-29)28(19-6-5-7-21(15-19)33(36)37)32(24-9-4-3-8-22(24)31-23)26(35)14-18-10-12-20(30)13-11-18/h3-13,15,28,31H,14,16-17H2,1-2H3/t28-/m0/s1. The molecule has 0 saturated carbocycles. The molecule has 0 radical (unpaired) electrons. The van der Waals surface area contributed by atoms with E-state index in [-0.39, 0.29) is 29.2 Å². The van der Waals surface area contributed by atoms with Gasteiger partial charge in [-0.2, -0.15) is 0 Å². The number of amides is 1. The number of non-ortho nitro benzene ring substituents is 1. The molecule has 188 valence electrons. The first-order chi connectivity index (χ1) is 17.6. The molecule has 8 heteroatoms. The number of hydrogen-bond acceptors (Lipinski definition) is 5. The molecule has 5 rings (SSSR count). The predicted octanol–water partition coefficient (Wildman–Crippen LogP) is 6.63. The maximum atomic E-state index is 14.1. The van der Waals surface area contributed by atoms with E-state index in [0.29, 0.717) is 40.4 Å². The molecule has 0 aromatic heterocycles. The van der Waals surface area contributed by atoms with E-state index < -0.39 is 11.0 Å². The highest BCUT2D eigenvalue weighted by atomic mass is 35.5. The first kappa shape index (κ1) is 24.7. The first-order valence-electron chi connectivity index (χ1n) is 12.1. The number of allylic oxidation sites excluding steroid dienone is 1. The summed E-state index contributed by atoms with van der Waals surface area (Å²) in [4.78, 5) is 40.6. The van der Waals surface area contributed by atoms with Gasteiger partial charge in [-0.1, -0.05) is 61.8 Å². The molecule has 0 bridgehead atoms. The van der Waals surface area contributed by atoms with Crippen molar-refractivity contribution in [3.63, 3.8) is 0 Å². The first-order valence-corrected chi connectivity index (χ1v) is 12.4. The van der Waals surface area contributed by atoms with Crippen LogP contribution < -0.4 is 10.2 Å². The molecule has 0 spiro atoms. The van der Waals surface area contributed by atoms with E-state index in [1.165, 1.54) is 12.1 Å². The Labute approximate surface area is 219 Å². The zero-order chi connectivity index (χ0) is 26.3. The molecule has 0 unspecified atom stereocenters. The molecule has 3 aromatic rings. The predicted molar refractivity (Wildman–Crippen MR) is 144 cm³/mol. The summed E-state index contributed by atoms with van der Waals surface area (Å²) in [6, 6.07) is 19.9. The Kier molecular flexibility index (Phi) is 6.33. The van der Waals surface area contributed by atoms with Gasteiger partial charge in [-0.25, -0.2) is 0 Å². The Morgan fingerprint density at radius 3 is 2.54 bits per heavy atom. The molecule has 1 amide bonds. The number of nitro groups is 1. The van der Waals surface area contributed by atoms with Crippen molar-refractivity contribution in [1.29, 1.82) is 0 Å². The molecule has 1 aliphatic heterocycles. The number of carbonyl (C=O) groups is 2. The van der Waals surface area contributed by atoms with E-state index >= 15 is 0 Å². The Morgan fingerprint density at radius 2 is 1.81 bits per heavy atom. The minimum atomic E-state index is -0.825. The van der Waals surface area contributed by atoms with Gasteiger partial charge in [-0.3, -0.25) is 24.6 Å². The second-order valence-corrected chi connectivity index (χ2v) is 10.7. The van der Waals surface area contributed by atoms with Crippen molar-refractivity contribution in [2.45, 2.75) is 39.2 Å². The third-order valence-electron chi connectivity index (χ3n) is 6.83. The molecule has 1 heterocycles. The highest BCUT2D eigenvalue weighted by Crippen LogP contribution is 2.48. The van der Waals surface area contributed by atoms with Gasteiger partial charge in [0.15, 0.2) is 5.78 Å². The largest absolute Gasteiger partial charge is 0.357 e. The molecule has 3 aromatic carbocycles. The Morgan fingerprint density at radius 1 is 1.08 bits per heavy atom. The lowest BCUT2D eigenvalue weighted by Gasteiger charge is -2.37. The zero-order valence-electron chi connectivity index (χ0n) is 20.5. The van der Waals surface area contributed by atoms with Crippen molar-refractivity contribution in [3.8, 4) is 0 Å². The number of nitrogens with zero attached hydrogens (tertiary/aromatic N) is 2. The van der Waals surface area contributed by atoms with Crippen LogP contribution in [-0.4, -0.2) is 16.6 Å². The van der Waals surface area contributed by atoms with Gasteiger partial charge < -0.3 is 5.32 Å². The van der Waals surface area contributed by atoms with Crippen LogP contribution in [0.2, 0.25) is 5.02 Å². The highest BCUT2D eigenvalue weighted by molar-refractivity contribution is 6.30. The van der Waals surface area contributed by atoms with Gasteiger partial charge in [0.1, 0.15) is 0 Å². The van der Waals surface area contributed by atoms with E-state index in [4.69, 9.17) is 11.6 Å². The molecule has 2 aliphatic rings. The van der Waals surface area contributed by atoms with Crippen LogP contribution >= 0.6 is 11.6 Å². The molecule has 7 nitrogen and oxygen atoms in total. The summed E-state index contributed by atoms with van der Waals surface area (Å²) in [5, 5.41) is 15.7. The number of nitrogens with one attached hydrogen (secondary N) is 1. The van der Waals surface area contributed by atoms with Crippen molar-refractivity contribution in [1.82, 2.24) is 0 Å². The van der Waals surface area contributed by atoms with Crippen LogP contribution in [0.3, 0.4) is 0 Å². The minimum Gasteiger partial charge on any atom is -0.357 e. The van der Waals surface area contributed by atoms with Crippen LogP contribution in [0.25, 0.3) is 0 Å². The monoisotopic (exact) mass is 515 g/mol. The summed E-state index contributed by atoms with van der Waals surface area (Å²) >= 11 is 6.04. The van der Waals surface area contributed by atoms with Crippen molar-refractivity contribution in [2.75, 3.05) is 10.2 Å². The molecule has 1 atom stereocenters. The summed E-state index contributed by atoms with van der Waals surface area (Å²) in [6.45, 7) is 4.08. The number of benzene rings is 3. The fourth-order valence-corrected chi connectivity index (χ4v) is 5.37. The Hall–Kier alpha value is -3.97. The normalized spacial score (nSPS) is 18.4. The lowest BCUT2D eigenvalue weighted by atomic mass is 9.73. The fourth-order valence-electron chi connectivity index (χ4n) is 5.25. The van der Waals surface area contributed by atoms with Gasteiger partial charge in [0.05, 0.1) is 28.8 Å². The number of hydrogen-bond donors (Lipinski definition) is 1. The molecule has 0 saturated heterocycles. The molecular weight excluding hydrogens is 490 g/mol. The zero-order valence-corrected chi connectivity index (χ0v) is 21.3. The summed E-state index contributed by atoms with van der Waals surface area (Å²) in [6.07, 6.45) is 0.987. The molecule has 0 fully saturated rings. The maximum absolute atomic E-state index is 14.1. The van der Waals surface area contributed by atoms with E-state index in [1.807, 2.05) is 38.1 Å². The number of ketones is 1. The van der Waals surface area contributed by atoms with E-state index in [2.05, 4.69) is 5.32 Å². The number of fused-ring (bicyclic) bond motifs is 1. The SMILES string of the molecule is CC1(C)CC(=O)C2=C(C1)Nc1ccccc1N(C(=O)Cc1ccc(Cl)cc1)[C@H]2c1cccc([N+](=O)[O-])c1. The van der Waals surface area contributed by atoms with Gasteiger partial charge >= 0.3 is 0 Å². The summed E-state index contributed by atoms with van der Waals surface area (Å²) in [7, 11) is 0. The van der Waals surface area contributed by atoms with Gasteiger partial charge in [0.25, 0.3) is 5.69 Å². The molecular formula is C29H26ClN3O4. The molecule has 1 aliphatic carbocycles. The Balaban J connectivity index is 1.73. The average molecular weight is 516 g/mol. The van der Waals surface area contributed by atoms with Crippen LogP contribution in [0.4, 0.5) is 17.1 Å². The summed E-state index contributed by atoms with van der Waals surface area (Å²) in [5.41, 5.74) is 3.44. The minimum absolute atomic E-state index is 0.0687. The van der Waals surface area contributed by atoms with Crippen LogP contribution in [-0.2, 0) is 16.0 Å². The van der Waals surface area contributed by atoms with Gasteiger partial charge in [-0.15, -0.1) is 0 Å². The second kappa shape index (κ2) is 9.48. The van der Waals surface area contributed by atoms with Gasteiger partial charge in [0, 0.05) is 34.8 Å². The number of anilines is 2. The van der Waals surface area contributed by atoms with Crippen LogP contribution in [0.5, 0.6) is 0 Å². The number of nitro benzene ring substituents is 1. The number of halogens is 1. The number of carbonyl (C=O) groups excluding carboxylic acids is 2. The van der Waals surface area contributed by atoms with Crippen LogP contribution in [0, 0.1) is 15.5 Å². The molecule has 37 heavy (non-hydrogen) atoms. The third kappa shape index (κ3) is 4.87. The summed E-state index contributed by atoms with van der Waals surface area (Å²) < 4.78 is 0. The molecule has 1 N–H and O–H groups in total. The van der Waals surface area contributed by atoms with Crippen molar-refractivity contribution in [3.05, 3.63) is 110 Å². The van der Waals surface area contributed by atoms with Crippen molar-refractivity contribution in [2.24, 2.45) is 5.41 Å². The third-order valence-corrected chi connectivity index (χ3v) is 7.09. The Bertz CT molecular complexity index is 1450. The summed E-state index contributed by atoms with van der Waals surface area (Å²) in [5.74, 6) is -0.313. The van der Waals surface area contributed by atoms with Crippen LogP contribution in [0.1, 0.15) is 43.9 Å². The van der Waals surface area contributed by atoms with E-state index in [9.17, 15) is 19.7 Å². The van der Waals surface area contributed by atoms with E-state index in [1.54, 1.807) is 41.3 Å². The van der Waals surface area contributed by atoms with Crippen molar-refractivity contribution >= 4 is 40.4 Å². The lowest BCUT2D eigenvalue weighted by molar-refractivity contribution is -0.384. The number of para-hydroxylation sites is 2. The van der Waals surface area contributed by atoms with Crippen molar-refractivity contribution < 1.29 is 14.5 Å². The average Bonchev–Trinajstić information content (AvgIpc) is 2.99. The second-order valence-electron chi connectivity index (χ2n) is 10.3. The lowest BCUT2D eigenvalue weighted by Crippen LogP contribution is -2.40. The fraction of sp³-hybridized carbons (Fsp3) is 0.241. The number of rotatable bonds is 4. The number of Topliss-reactive ketones (excluding diaryl/α,β-unsaturated/α-hetero) is 1. The van der Waals surface area contributed by atoms with Crippen LogP contribution in [0.15, 0.2) is 84.1 Å². The van der Waals surface area contributed by atoms with Gasteiger partial charge in [0.2, 0.25) is 5.91 Å².